The lowest BCUT2D eigenvalue weighted by Crippen LogP contribution is -2.31. The molecule has 0 saturated heterocycles. The van der Waals surface area contributed by atoms with E-state index in [4.69, 9.17) is 5.11 Å². The van der Waals surface area contributed by atoms with Crippen LogP contribution in [0.3, 0.4) is 0 Å². The summed E-state index contributed by atoms with van der Waals surface area (Å²) in [5.74, 6) is 0. The molecular weight excluding hydrogens is 233 g/mol. The summed E-state index contributed by atoms with van der Waals surface area (Å²) in [5, 5.41) is 13.2. The van der Waals surface area contributed by atoms with Gasteiger partial charge in [0, 0.05) is 24.6 Å². The Hall–Kier alpha value is -1.04. The van der Waals surface area contributed by atoms with Gasteiger partial charge in [-0.05, 0) is 6.07 Å². The van der Waals surface area contributed by atoms with Crippen LogP contribution in [-0.4, -0.2) is 27.2 Å². The SMILES string of the molecule is Cn1nc(C(C)(C)C)cc1CC(O)C(F)(F)F. The fourth-order valence-corrected chi connectivity index (χ4v) is 1.38. The van der Waals surface area contributed by atoms with E-state index in [1.165, 1.54) is 4.68 Å². The molecule has 1 N–H and O–H groups in total. The molecule has 17 heavy (non-hydrogen) atoms. The minimum Gasteiger partial charge on any atom is -0.383 e. The molecule has 0 aliphatic rings. The highest BCUT2D eigenvalue weighted by Gasteiger charge is 2.38. The van der Waals surface area contributed by atoms with Crippen LogP contribution in [0.1, 0.15) is 32.2 Å². The van der Waals surface area contributed by atoms with E-state index in [-0.39, 0.29) is 5.41 Å². The molecule has 0 aliphatic carbocycles. The number of aryl methyl sites for hydroxylation is 1. The summed E-state index contributed by atoms with van der Waals surface area (Å²) in [6.45, 7) is 5.79. The van der Waals surface area contributed by atoms with Crippen molar-refractivity contribution < 1.29 is 18.3 Å². The van der Waals surface area contributed by atoms with Crippen LogP contribution >= 0.6 is 0 Å². The van der Waals surface area contributed by atoms with Crippen molar-refractivity contribution in [2.24, 2.45) is 7.05 Å². The average Bonchev–Trinajstić information content (AvgIpc) is 2.45. The summed E-state index contributed by atoms with van der Waals surface area (Å²) in [7, 11) is 1.58. The van der Waals surface area contributed by atoms with Crippen molar-refractivity contribution in [3.05, 3.63) is 17.5 Å². The number of aromatic nitrogens is 2. The van der Waals surface area contributed by atoms with Gasteiger partial charge in [-0.3, -0.25) is 4.68 Å². The first kappa shape index (κ1) is 14.0. The van der Waals surface area contributed by atoms with Crippen molar-refractivity contribution in [1.29, 1.82) is 0 Å². The van der Waals surface area contributed by atoms with Gasteiger partial charge < -0.3 is 5.11 Å². The van der Waals surface area contributed by atoms with Crippen LogP contribution in [0.4, 0.5) is 13.2 Å². The molecular formula is C11H17F3N2O. The van der Waals surface area contributed by atoms with E-state index in [2.05, 4.69) is 5.10 Å². The van der Waals surface area contributed by atoms with Crippen LogP contribution in [0.5, 0.6) is 0 Å². The zero-order valence-electron chi connectivity index (χ0n) is 10.3. The topological polar surface area (TPSA) is 38.0 Å². The molecule has 0 aromatic carbocycles. The molecule has 1 rings (SSSR count). The third-order valence-electron chi connectivity index (χ3n) is 2.53. The second-order valence-electron chi connectivity index (χ2n) is 5.16. The van der Waals surface area contributed by atoms with Gasteiger partial charge in [0.2, 0.25) is 0 Å². The predicted octanol–water partition coefficient (Wildman–Crippen LogP) is 2.18. The van der Waals surface area contributed by atoms with Crippen molar-refractivity contribution in [2.75, 3.05) is 0 Å². The van der Waals surface area contributed by atoms with Crippen LogP contribution in [0.25, 0.3) is 0 Å². The largest absolute Gasteiger partial charge is 0.414 e. The molecule has 0 bridgehead atoms. The Bertz CT molecular complexity index is 390. The smallest absolute Gasteiger partial charge is 0.383 e. The lowest BCUT2D eigenvalue weighted by molar-refractivity contribution is -0.203. The Morgan fingerprint density at radius 2 is 1.88 bits per heavy atom. The van der Waals surface area contributed by atoms with Gasteiger partial charge in [0.15, 0.2) is 6.10 Å². The van der Waals surface area contributed by atoms with Crippen molar-refractivity contribution >= 4 is 0 Å². The zero-order valence-corrected chi connectivity index (χ0v) is 10.3. The maximum Gasteiger partial charge on any atom is 0.414 e. The van der Waals surface area contributed by atoms with Gasteiger partial charge in [-0.25, -0.2) is 0 Å². The van der Waals surface area contributed by atoms with Gasteiger partial charge in [-0.1, -0.05) is 20.8 Å². The van der Waals surface area contributed by atoms with Gasteiger partial charge in [0.05, 0.1) is 5.69 Å². The summed E-state index contributed by atoms with van der Waals surface area (Å²) < 4.78 is 38.1. The standard InChI is InChI=1S/C11H17F3N2O/c1-10(2,3)8-5-7(16(4)15-8)6-9(17)11(12,13)14/h5,9,17H,6H2,1-4H3. The molecule has 0 spiro atoms. The van der Waals surface area contributed by atoms with E-state index in [9.17, 15) is 13.2 Å². The van der Waals surface area contributed by atoms with Crippen LogP contribution < -0.4 is 0 Å². The number of halogens is 3. The number of rotatable bonds is 2. The van der Waals surface area contributed by atoms with Crippen molar-refractivity contribution in [3.8, 4) is 0 Å². The molecule has 0 amide bonds. The summed E-state index contributed by atoms with van der Waals surface area (Å²) in [4.78, 5) is 0. The lowest BCUT2D eigenvalue weighted by atomic mass is 9.92. The number of hydrogen-bond donors (Lipinski definition) is 1. The van der Waals surface area contributed by atoms with Crippen molar-refractivity contribution in [2.45, 2.75) is 44.9 Å². The Morgan fingerprint density at radius 3 is 2.24 bits per heavy atom. The second-order valence-corrected chi connectivity index (χ2v) is 5.16. The highest BCUT2D eigenvalue weighted by atomic mass is 19.4. The molecule has 98 valence electrons. The van der Waals surface area contributed by atoms with Gasteiger partial charge in [-0.15, -0.1) is 0 Å². The fraction of sp³-hybridized carbons (Fsp3) is 0.727. The minimum atomic E-state index is -4.59. The number of aliphatic hydroxyl groups is 1. The first-order valence-electron chi connectivity index (χ1n) is 5.30. The quantitative estimate of drug-likeness (QED) is 0.873. The predicted molar refractivity (Wildman–Crippen MR) is 57.7 cm³/mol. The monoisotopic (exact) mass is 250 g/mol. The van der Waals surface area contributed by atoms with Crippen molar-refractivity contribution in [1.82, 2.24) is 9.78 Å². The van der Waals surface area contributed by atoms with E-state index >= 15 is 0 Å². The highest BCUT2D eigenvalue weighted by molar-refractivity contribution is 5.18. The van der Waals surface area contributed by atoms with Gasteiger partial charge in [-0.2, -0.15) is 18.3 Å². The van der Waals surface area contributed by atoms with Gasteiger partial charge >= 0.3 is 6.18 Å². The van der Waals surface area contributed by atoms with Crippen LogP contribution in [0.15, 0.2) is 6.07 Å². The molecule has 1 heterocycles. The molecule has 3 nitrogen and oxygen atoms in total. The number of nitrogens with zero attached hydrogens (tertiary/aromatic N) is 2. The van der Waals surface area contributed by atoms with E-state index < -0.39 is 18.7 Å². The second kappa shape index (κ2) is 4.33. The number of alkyl halides is 3. The summed E-state index contributed by atoms with van der Waals surface area (Å²) in [6, 6.07) is 1.61. The number of aliphatic hydroxyl groups excluding tert-OH is 1. The molecule has 0 radical (unpaired) electrons. The first-order chi connectivity index (χ1) is 7.51. The molecule has 0 saturated carbocycles. The van der Waals surface area contributed by atoms with Gasteiger partial charge in [0.1, 0.15) is 0 Å². The normalized spacial score (nSPS) is 15.1. The first-order valence-corrected chi connectivity index (χ1v) is 5.30. The summed E-state index contributed by atoms with van der Waals surface area (Å²) >= 11 is 0. The third-order valence-corrected chi connectivity index (χ3v) is 2.53. The van der Waals surface area contributed by atoms with E-state index in [0.717, 1.165) is 0 Å². The maximum absolute atomic E-state index is 12.2. The van der Waals surface area contributed by atoms with E-state index in [0.29, 0.717) is 11.4 Å². The fourth-order valence-electron chi connectivity index (χ4n) is 1.38. The molecule has 1 atom stereocenters. The molecule has 1 unspecified atom stereocenters. The summed E-state index contributed by atoms with van der Waals surface area (Å²) in [5.41, 5.74) is 0.864. The Kier molecular flexibility index (Phi) is 3.57. The Balaban J connectivity index is 2.90. The van der Waals surface area contributed by atoms with Crippen LogP contribution in [-0.2, 0) is 18.9 Å². The maximum atomic E-state index is 12.2. The zero-order chi connectivity index (χ0) is 13.4. The van der Waals surface area contributed by atoms with Crippen LogP contribution in [0.2, 0.25) is 0 Å². The van der Waals surface area contributed by atoms with Crippen LogP contribution in [0, 0.1) is 0 Å². The number of hydrogen-bond acceptors (Lipinski definition) is 2. The highest BCUT2D eigenvalue weighted by Crippen LogP contribution is 2.25. The minimum absolute atomic E-state index is 0.223. The Morgan fingerprint density at radius 1 is 1.35 bits per heavy atom. The molecule has 0 fully saturated rings. The third kappa shape index (κ3) is 3.46. The average molecular weight is 250 g/mol. The molecule has 1 aromatic heterocycles. The molecule has 0 aliphatic heterocycles. The van der Waals surface area contributed by atoms with E-state index in [1.807, 2.05) is 20.8 Å². The lowest BCUT2D eigenvalue weighted by Gasteiger charge is -2.14. The molecule has 1 aromatic rings. The summed E-state index contributed by atoms with van der Waals surface area (Å²) in [6.07, 6.45) is -7.40. The Labute approximate surface area is 98.2 Å². The molecule has 6 heteroatoms. The van der Waals surface area contributed by atoms with Gasteiger partial charge in [0.25, 0.3) is 0 Å². The van der Waals surface area contributed by atoms with E-state index in [1.54, 1.807) is 13.1 Å². The van der Waals surface area contributed by atoms with Crippen molar-refractivity contribution in [3.63, 3.8) is 0 Å².